The van der Waals surface area contributed by atoms with Crippen molar-refractivity contribution in [3.05, 3.63) is 23.8 Å². The van der Waals surface area contributed by atoms with E-state index in [2.05, 4.69) is 11.9 Å². The van der Waals surface area contributed by atoms with Crippen molar-refractivity contribution in [1.82, 2.24) is 4.90 Å². The van der Waals surface area contributed by atoms with Gasteiger partial charge in [0, 0.05) is 6.04 Å². The highest BCUT2D eigenvalue weighted by Crippen LogP contribution is 2.25. The fourth-order valence-corrected chi connectivity index (χ4v) is 2.43. The fraction of sp³-hybridized carbons (Fsp3) is 0.571. The van der Waals surface area contributed by atoms with Crippen molar-refractivity contribution in [3.8, 4) is 5.75 Å². The van der Waals surface area contributed by atoms with Gasteiger partial charge < -0.3 is 15.4 Å². The molecule has 1 aliphatic heterocycles. The number of likely N-dealkylation sites (tertiary alicyclic amines) is 1. The molecule has 2 rings (SSSR count). The Morgan fingerprint density at radius 3 is 3.00 bits per heavy atom. The summed E-state index contributed by atoms with van der Waals surface area (Å²) < 4.78 is 5.78. The summed E-state index contributed by atoms with van der Waals surface area (Å²) in [5, 5.41) is 0. The minimum Gasteiger partial charge on any atom is -0.491 e. The molecule has 3 heteroatoms. The lowest BCUT2D eigenvalue weighted by molar-refractivity contribution is 0.234. The van der Waals surface area contributed by atoms with E-state index in [-0.39, 0.29) is 0 Å². The summed E-state index contributed by atoms with van der Waals surface area (Å²) in [5.41, 5.74) is 7.82. The van der Waals surface area contributed by atoms with Crippen LogP contribution in [0.15, 0.2) is 18.2 Å². The van der Waals surface area contributed by atoms with Gasteiger partial charge in [-0.15, -0.1) is 0 Å². The Balaban J connectivity index is 1.84. The van der Waals surface area contributed by atoms with Gasteiger partial charge in [0.05, 0.1) is 12.3 Å². The number of benzene rings is 1. The van der Waals surface area contributed by atoms with Crippen LogP contribution in [0.2, 0.25) is 0 Å². The zero-order valence-electron chi connectivity index (χ0n) is 10.8. The molecule has 1 aliphatic rings. The molecule has 1 aromatic rings. The maximum Gasteiger partial charge on any atom is 0.142 e. The number of nitrogens with two attached hydrogens (primary N) is 1. The second kappa shape index (κ2) is 5.41. The van der Waals surface area contributed by atoms with Gasteiger partial charge in [0.2, 0.25) is 0 Å². The first-order valence-electron chi connectivity index (χ1n) is 6.36. The summed E-state index contributed by atoms with van der Waals surface area (Å²) in [7, 11) is 2.19. The number of ether oxygens (including phenoxy) is 1. The van der Waals surface area contributed by atoms with Crippen molar-refractivity contribution in [2.75, 3.05) is 25.9 Å². The molecule has 0 aliphatic carbocycles. The molecule has 1 aromatic carbocycles. The number of hydrogen-bond donors (Lipinski definition) is 1. The van der Waals surface area contributed by atoms with Gasteiger partial charge in [0.25, 0.3) is 0 Å². The lowest BCUT2D eigenvalue weighted by Gasteiger charge is -2.19. The molecule has 0 aromatic heterocycles. The average Bonchev–Trinajstić information content (AvgIpc) is 2.71. The van der Waals surface area contributed by atoms with E-state index in [1.165, 1.54) is 19.4 Å². The van der Waals surface area contributed by atoms with Crippen LogP contribution in [0.1, 0.15) is 24.8 Å². The second-order valence-electron chi connectivity index (χ2n) is 4.90. The molecule has 94 valence electrons. The molecule has 0 bridgehead atoms. The third-order valence-corrected chi connectivity index (χ3v) is 3.66. The number of rotatable bonds is 4. The highest BCUT2D eigenvalue weighted by molar-refractivity contribution is 5.57. The molecule has 2 N–H and O–H groups in total. The first-order chi connectivity index (χ1) is 8.18. The number of hydrogen-bond acceptors (Lipinski definition) is 3. The summed E-state index contributed by atoms with van der Waals surface area (Å²) in [6.45, 7) is 3.98. The summed E-state index contributed by atoms with van der Waals surface area (Å²) in [6.07, 6.45) is 3.70. The van der Waals surface area contributed by atoms with Gasteiger partial charge in [0.15, 0.2) is 0 Å². The minimum absolute atomic E-state index is 0.682. The highest BCUT2D eigenvalue weighted by atomic mass is 16.5. The maximum atomic E-state index is 5.97. The second-order valence-corrected chi connectivity index (χ2v) is 4.90. The number of nitrogens with zero attached hydrogens (tertiary/aromatic N) is 1. The number of nitrogen functional groups attached to an aromatic ring is 1. The molecule has 0 spiro atoms. The lowest BCUT2D eigenvalue weighted by atomic mass is 10.1. The van der Waals surface area contributed by atoms with E-state index in [1.54, 1.807) is 0 Å². The average molecular weight is 234 g/mol. The molecule has 1 fully saturated rings. The normalized spacial score (nSPS) is 20.7. The van der Waals surface area contributed by atoms with Gasteiger partial charge in [-0.3, -0.25) is 0 Å². The van der Waals surface area contributed by atoms with Gasteiger partial charge in [-0.05, 0) is 51.4 Å². The topological polar surface area (TPSA) is 38.5 Å². The van der Waals surface area contributed by atoms with Gasteiger partial charge in [0.1, 0.15) is 5.75 Å². The van der Waals surface area contributed by atoms with Gasteiger partial charge >= 0.3 is 0 Å². The fourth-order valence-electron chi connectivity index (χ4n) is 2.43. The molecule has 1 saturated heterocycles. The van der Waals surface area contributed by atoms with Crippen LogP contribution in [0, 0.1) is 6.92 Å². The minimum atomic E-state index is 0.682. The van der Waals surface area contributed by atoms with Crippen molar-refractivity contribution in [2.45, 2.75) is 32.2 Å². The van der Waals surface area contributed by atoms with E-state index in [0.717, 1.165) is 30.0 Å². The maximum absolute atomic E-state index is 5.97. The van der Waals surface area contributed by atoms with Crippen molar-refractivity contribution in [3.63, 3.8) is 0 Å². The standard InChI is InChI=1S/C14H22N2O/c1-11-5-3-7-13(14(11)15)17-10-8-12-6-4-9-16(12)2/h3,5,7,12H,4,6,8-10,15H2,1-2H3. The van der Waals surface area contributed by atoms with Crippen molar-refractivity contribution in [1.29, 1.82) is 0 Å². The van der Waals surface area contributed by atoms with E-state index in [9.17, 15) is 0 Å². The van der Waals surface area contributed by atoms with Crippen LogP contribution >= 0.6 is 0 Å². The quantitative estimate of drug-likeness (QED) is 0.813. The van der Waals surface area contributed by atoms with Gasteiger partial charge in [-0.1, -0.05) is 12.1 Å². The Hall–Kier alpha value is -1.22. The predicted molar refractivity (Wildman–Crippen MR) is 71.4 cm³/mol. The number of anilines is 1. The van der Waals surface area contributed by atoms with Crippen LogP contribution in [-0.2, 0) is 0 Å². The summed E-state index contributed by atoms with van der Waals surface area (Å²) in [6, 6.07) is 6.62. The van der Waals surface area contributed by atoms with Crippen LogP contribution in [0.5, 0.6) is 5.75 Å². The zero-order chi connectivity index (χ0) is 12.3. The Labute approximate surface area is 104 Å². The van der Waals surface area contributed by atoms with Crippen LogP contribution in [-0.4, -0.2) is 31.1 Å². The molecular weight excluding hydrogens is 212 g/mol. The van der Waals surface area contributed by atoms with Crippen LogP contribution in [0.3, 0.4) is 0 Å². The summed E-state index contributed by atoms with van der Waals surface area (Å²) >= 11 is 0. The SMILES string of the molecule is Cc1cccc(OCCC2CCCN2C)c1N. The molecule has 17 heavy (non-hydrogen) atoms. The molecule has 0 saturated carbocycles. The molecule has 0 radical (unpaired) electrons. The van der Waals surface area contributed by atoms with Crippen LogP contribution < -0.4 is 10.5 Å². The number of aryl methyl sites for hydroxylation is 1. The van der Waals surface area contributed by atoms with Crippen molar-refractivity contribution >= 4 is 5.69 Å². The predicted octanol–water partition coefficient (Wildman–Crippen LogP) is 2.44. The molecule has 1 atom stereocenters. The van der Waals surface area contributed by atoms with Gasteiger partial charge in [-0.25, -0.2) is 0 Å². The van der Waals surface area contributed by atoms with Crippen molar-refractivity contribution < 1.29 is 4.74 Å². The lowest BCUT2D eigenvalue weighted by Crippen LogP contribution is -2.26. The summed E-state index contributed by atoms with van der Waals surface area (Å²) in [5.74, 6) is 0.825. The first kappa shape index (κ1) is 12.2. The van der Waals surface area contributed by atoms with E-state index >= 15 is 0 Å². The monoisotopic (exact) mass is 234 g/mol. The van der Waals surface area contributed by atoms with Gasteiger partial charge in [-0.2, -0.15) is 0 Å². The highest BCUT2D eigenvalue weighted by Gasteiger charge is 2.20. The first-order valence-corrected chi connectivity index (χ1v) is 6.36. The smallest absolute Gasteiger partial charge is 0.142 e. The van der Waals surface area contributed by atoms with Crippen molar-refractivity contribution in [2.24, 2.45) is 0 Å². The molecule has 3 nitrogen and oxygen atoms in total. The molecule has 1 heterocycles. The molecular formula is C14H22N2O. The Morgan fingerprint density at radius 2 is 2.29 bits per heavy atom. The Morgan fingerprint density at radius 1 is 1.47 bits per heavy atom. The summed E-state index contributed by atoms with van der Waals surface area (Å²) in [4.78, 5) is 2.42. The number of para-hydroxylation sites is 1. The third-order valence-electron chi connectivity index (χ3n) is 3.66. The Bertz CT molecular complexity index is 378. The zero-order valence-corrected chi connectivity index (χ0v) is 10.8. The van der Waals surface area contributed by atoms with E-state index in [4.69, 9.17) is 10.5 Å². The van der Waals surface area contributed by atoms with E-state index < -0.39 is 0 Å². The molecule has 1 unspecified atom stereocenters. The van der Waals surface area contributed by atoms with Crippen LogP contribution in [0.4, 0.5) is 5.69 Å². The molecule has 0 amide bonds. The Kier molecular flexibility index (Phi) is 3.89. The van der Waals surface area contributed by atoms with E-state index in [0.29, 0.717) is 6.04 Å². The third kappa shape index (κ3) is 2.91. The largest absolute Gasteiger partial charge is 0.491 e. The van der Waals surface area contributed by atoms with E-state index in [1.807, 2.05) is 25.1 Å². The van der Waals surface area contributed by atoms with Crippen LogP contribution in [0.25, 0.3) is 0 Å².